The first-order valence-corrected chi connectivity index (χ1v) is 10.6. The molecule has 4 rings (SSSR count). The molecule has 0 unspecified atom stereocenters. The van der Waals surface area contributed by atoms with Crippen molar-refractivity contribution in [2.45, 2.75) is 6.42 Å². The Morgan fingerprint density at radius 2 is 1.93 bits per heavy atom. The molecular formula is C19H18N2O7S. The van der Waals surface area contributed by atoms with E-state index >= 15 is 0 Å². The normalized spacial score (nSPS) is 19.4. The smallest absolute Gasteiger partial charge is 0.340 e. The fraction of sp³-hybridized carbons (Fsp3) is 0.316. The van der Waals surface area contributed by atoms with Crippen molar-refractivity contribution < 1.29 is 32.2 Å². The van der Waals surface area contributed by atoms with E-state index in [-0.39, 0.29) is 29.5 Å². The minimum absolute atomic E-state index is 0.133. The summed E-state index contributed by atoms with van der Waals surface area (Å²) in [5.41, 5.74) is 0.556. The summed E-state index contributed by atoms with van der Waals surface area (Å²) >= 11 is 0. The molecule has 0 fully saturated rings. The van der Waals surface area contributed by atoms with E-state index in [4.69, 9.17) is 14.2 Å². The Hall–Kier alpha value is -3.14. The number of hydrogen-bond acceptors (Lipinski definition) is 8. The quantitative estimate of drug-likeness (QED) is 0.527. The summed E-state index contributed by atoms with van der Waals surface area (Å²) in [5, 5.41) is 0. The molecule has 152 valence electrons. The molecular weight excluding hydrogens is 400 g/mol. The number of carbonyl (C=O) groups excluding carboxylic acids is 2. The lowest BCUT2D eigenvalue weighted by atomic mass is 10.1. The monoisotopic (exact) mass is 418 g/mol. The Morgan fingerprint density at radius 1 is 1.14 bits per heavy atom. The summed E-state index contributed by atoms with van der Waals surface area (Å²) < 4.78 is 42.9. The van der Waals surface area contributed by atoms with Gasteiger partial charge in [-0.15, -0.1) is 4.40 Å². The highest BCUT2D eigenvalue weighted by atomic mass is 32.2. The van der Waals surface area contributed by atoms with Crippen LogP contribution in [-0.4, -0.2) is 63.0 Å². The van der Waals surface area contributed by atoms with Crippen LogP contribution >= 0.6 is 0 Å². The van der Waals surface area contributed by atoms with Gasteiger partial charge in [-0.25, -0.2) is 13.2 Å². The van der Waals surface area contributed by atoms with Crippen molar-refractivity contribution in [2.75, 3.05) is 32.1 Å². The molecule has 0 aliphatic carbocycles. The zero-order valence-electron chi connectivity index (χ0n) is 15.4. The molecule has 10 heteroatoms. The molecule has 1 aromatic carbocycles. The molecule has 0 spiro atoms. The van der Waals surface area contributed by atoms with Crippen molar-refractivity contribution in [2.24, 2.45) is 4.40 Å². The van der Waals surface area contributed by atoms with Crippen LogP contribution in [0.1, 0.15) is 16.8 Å². The Bertz CT molecular complexity index is 1060. The van der Waals surface area contributed by atoms with Crippen LogP contribution in [0.4, 0.5) is 0 Å². The number of sulfonamides is 1. The van der Waals surface area contributed by atoms with E-state index in [9.17, 15) is 18.0 Å². The number of benzene rings is 1. The molecule has 29 heavy (non-hydrogen) atoms. The summed E-state index contributed by atoms with van der Waals surface area (Å²) in [5.74, 6) is 0.124. The highest BCUT2D eigenvalue weighted by Crippen LogP contribution is 2.30. The number of fused-ring (bicyclic) bond motifs is 2. The minimum atomic E-state index is -3.47. The first kappa shape index (κ1) is 19.2. The summed E-state index contributed by atoms with van der Waals surface area (Å²) in [6.45, 7) is 0.816. The van der Waals surface area contributed by atoms with Crippen molar-refractivity contribution in [3.63, 3.8) is 0 Å². The predicted octanol–water partition coefficient (Wildman–Crippen LogP) is 1.07. The fourth-order valence-corrected chi connectivity index (χ4v) is 3.93. The zero-order valence-corrected chi connectivity index (χ0v) is 16.2. The standard InChI is InChI=1S/C19H18N2O7S/c22-15(13-2-4-16-17(10-13)27-8-1-7-26-16)12-28-19(23)14-3-5-18-20-29(24,25)9-6-21(18)11-14/h2-5,10-11H,1,6-9,12H2. The molecule has 3 heterocycles. The molecule has 0 aromatic heterocycles. The second kappa shape index (κ2) is 7.70. The van der Waals surface area contributed by atoms with Gasteiger partial charge in [0.1, 0.15) is 5.84 Å². The van der Waals surface area contributed by atoms with Gasteiger partial charge in [0.25, 0.3) is 10.0 Å². The van der Waals surface area contributed by atoms with Crippen LogP contribution < -0.4 is 9.47 Å². The van der Waals surface area contributed by atoms with Crippen LogP contribution in [0, 0.1) is 0 Å². The fourth-order valence-electron chi connectivity index (χ4n) is 2.96. The lowest BCUT2D eigenvalue weighted by molar-refractivity contribution is -0.137. The zero-order chi connectivity index (χ0) is 20.4. The van der Waals surface area contributed by atoms with Crippen LogP contribution in [0.5, 0.6) is 11.5 Å². The summed E-state index contributed by atoms with van der Waals surface area (Å²) in [6.07, 6.45) is 5.07. The molecule has 0 saturated carbocycles. The largest absolute Gasteiger partial charge is 0.490 e. The highest BCUT2D eigenvalue weighted by Gasteiger charge is 2.25. The van der Waals surface area contributed by atoms with Gasteiger partial charge in [0.05, 0.1) is 24.5 Å². The Morgan fingerprint density at radius 3 is 2.76 bits per heavy atom. The summed E-state index contributed by atoms with van der Waals surface area (Å²) in [4.78, 5) is 26.2. The Labute approximate surface area is 167 Å². The molecule has 0 saturated heterocycles. The number of ketones is 1. The third-order valence-electron chi connectivity index (χ3n) is 4.46. The average Bonchev–Trinajstić information content (AvgIpc) is 2.95. The molecule has 3 aliphatic heterocycles. The molecule has 9 nitrogen and oxygen atoms in total. The maximum absolute atomic E-state index is 12.4. The Kier molecular flexibility index (Phi) is 5.10. The number of amidine groups is 1. The molecule has 0 amide bonds. The van der Waals surface area contributed by atoms with Gasteiger partial charge in [0.2, 0.25) is 0 Å². The second-order valence-corrected chi connectivity index (χ2v) is 8.31. The van der Waals surface area contributed by atoms with Crippen LogP contribution in [0.25, 0.3) is 0 Å². The number of nitrogens with zero attached hydrogens (tertiary/aromatic N) is 2. The van der Waals surface area contributed by atoms with Gasteiger partial charge in [-0.3, -0.25) is 4.79 Å². The topological polar surface area (TPSA) is 112 Å². The van der Waals surface area contributed by atoms with Crippen molar-refractivity contribution in [1.29, 1.82) is 0 Å². The van der Waals surface area contributed by atoms with E-state index in [1.165, 1.54) is 18.4 Å². The molecule has 1 aromatic rings. The number of carbonyl (C=O) groups is 2. The third-order valence-corrected chi connectivity index (χ3v) is 5.63. The average molecular weight is 418 g/mol. The minimum Gasteiger partial charge on any atom is -0.490 e. The number of esters is 1. The van der Waals surface area contributed by atoms with Crippen LogP contribution in [0.2, 0.25) is 0 Å². The van der Waals surface area contributed by atoms with Gasteiger partial charge < -0.3 is 19.1 Å². The van der Waals surface area contributed by atoms with Gasteiger partial charge in [-0.1, -0.05) is 0 Å². The lowest BCUT2D eigenvalue weighted by Gasteiger charge is -2.26. The van der Waals surface area contributed by atoms with Gasteiger partial charge in [0.15, 0.2) is 23.9 Å². The maximum Gasteiger partial charge on any atom is 0.340 e. The second-order valence-electron chi connectivity index (χ2n) is 6.56. The van der Waals surface area contributed by atoms with Gasteiger partial charge in [-0.05, 0) is 30.4 Å². The number of hydrogen-bond donors (Lipinski definition) is 0. The molecule has 3 aliphatic rings. The number of rotatable bonds is 4. The third kappa shape index (κ3) is 4.32. The van der Waals surface area contributed by atoms with E-state index in [0.29, 0.717) is 30.3 Å². The van der Waals surface area contributed by atoms with Crippen LogP contribution in [0.3, 0.4) is 0 Å². The summed E-state index contributed by atoms with van der Waals surface area (Å²) in [7, 11) is -3.47. The lowest BCUT2D eigenvalue weighted by Crippen LogP contribution is -2.37. The van der Waals surface area contributed by atoms with Gasteiger partial charge in [-0.2, -0.15) is 0 Å². The van der Waals surface area contributed by atoms with Crippen molar-refractivity contribution in [3.8, 4) is 11.5 Å². The maximum atomic E-state index is 12.4. The van der Waals surface area contributed by atoms with Crippen molar-refractivity contribution in [3.05, 3.63) is 47.7 Å². The van der Waals surface area contributed by atoms with Crippen LogP contribution in [0.15, 0.2) is 46.5 Å². The SMILES string of the molecule is O=C(OCC(=O)c1ccc2c(c1)OCCCO2)C1=CN2CCS(=O)(=O)N=C2C=C1. The Balaban J connectivity index is 1.39. The molecule has 0 atom stereocenters. The summed E-state index contributed by atoms with van der Waals surface area (Å²) in [6, 6.07) is 4.83. The van der Waals surface area contributed by atoms with E-state index in [1.807, 2.05) is 0 Å². The first-order valence-electron chi connectivity index (χ1n) is 9.00. The highest BCUT2D eigenvalue weighted by molar-refractivity contribution is 7.90. The number of ether oxygens (including phenoxy) is 3. The predicted molar refractivity (Wildman–Crippen MR) is 102 cm³/mol. The number of Topliss-reactive ketones (excluding diaryl/α,β-unsaturated/α-hetero) is 1. The van der Waals surface area contributed by atoms with E-state index in [2.05, 4.69) is 4.40 Å². The van der Waals surface area contributed by atoms with E-state index < -0.39 is 22.6 Å². The van der Waals surface area contributed by atoms with Gasteiger partial charge in [0, 0.05) is 24.7 Å². The van der Waals surface area contributed by atoms with Crippen molar-refractivity contribution in [1.82, 2.24) is 4.90 Å². The van der Waals surface area contributed by atoms with Crippen molar-refractivity contribution >= 4 is 27.6 Å². The van der Waals surface area contributed by atoms with E-state index in [0.717, 1.165) is 6.42 Å². The molecule has 0 radical (unpaired) electrons. The van der Waals surface area contributed by atoms with E-state index in [1.54, 1.807) is 23.1 Å². The van der Waals surface area contributed by atoms with Crippen LogP contribution in [-0.2, 0) is 19.6 Å². The molecule has 0 bridgehead atoms. The molecule has 0 N–H and O–H groups in total. The van der Waals surface area contributed by atoms with Gasteiger partial charge >= 0.3 is 5.97 Å². The first-order chi connectivity index (χ1) is 13.9.